The van der Waals surface area contributed by atoms with Crippen LogP contribution in [0.4, 0.5) is 5.82 Å². The zero-order valence-electron chi connectivity index (χ0n) is 14.4. The first kappa shape index (κ1) is 16.1. The molecule has 1 fully saturated rings. The van der Waals surface area contributed by atoms with Gasteiger partial charge in [-0.05, 0) is 38.3 Å². The van der Waals surface area contributed by atoms with Gasteiger partial charge in [0, 0.05) is 18.5 Å². The largest absolute Gasteiger partial charge is 0.478 e. The fraction of sp³-hybridized carbons (Fsp3) is 0.400. The van der Waals surface area contributed by atoms with E-state index in [2.05, 4.69) is 17.9 Å². The molecule has 0 unspecified atom stereocenters. The smallest absolute Gasteiger partial charge is 0.336 e. The number of piperidine rings is 1. The Morgan fingerprint density at radius 3 is 2.76 bits per heavy atom. The van der Waals surface area contributed by atoms with E-state index in [1.165, 1.54) is 5.57 Å². The van der Waals surface area contributed by atoms with E-state index in [0.29, 0.717) is 10.9 Å². The highest BCUT2D eigenvalue weighted by Crippen LogP contribution is 2.35. The van der Waals surface area contributed by atoms with Gasteiger partial charge in [0.25, 0.3) is 0 Å². The lowest BCUT2D eigenvalue weighted by molar-refractivity contribution is -0.0326. The Hall–Kier alpha value is -2.40. The molecule has 1 spiro atoms. The third kappa shape index (κ3) is 3.00. The molecule has 1 saturated heterocycles. The highest BCUT2D eigenvalue weighted by Gasteiger charge is 2.36. The van der Waals surface area contributed by atoms with Crippen molar-refractivity contribution < 1.29 is 14.6 Å². The quantitative estimate of drug-likeness (QED) is 0.847. The van der Waals surface area contributed by atoms with E-state index in [1.54, 1.807) is 6.07 Å². The van der Waals surface area contributed by atoms with Crippen LogP contribution >= 0.6 is 0 Å². The van der Waals surface area contributed by atoms with E-state index in [1.807, 2.05) is 24.3 Å². The van der Waals surface area contributed by atoms with Crippen LogP contribution in [0.25, 0.3) is 10.9 Å². The van der Waals surface area contributed by atoms with Gasteiger partial charge in [-0.2, -0.15) is 0 Å². The molecule has 2 aliphatic heterocycles. The summed E-state index contributed by atoms with van der Waals surface area (Å²) in [6.07, 6.45) is 5.10. The fourth-order valence-corrected chi connectivity index (χ4v) is 3.88. The van der Waals surface area contributed by atoms with Crippen LogP contribution in [0, 0.1) is 0 Å². The minimum atomic E-state index is -0.914. The molecule has 0 aliphatic carbocycles. The zero-order chi connectivity index (χ0) is 17.4. The number of ether oxygens (including phenoxy) is 1. The summed E-state index contributed by atoms with van der Waals surface area (Å²) in [6, 6.07) is 9.11. The van der Waals surface area contributed by atoms with Crippen molar-refractivity contribution in [2.75, 3.05) is 24.6 Å². The third-order valence-electron chi connectivity index (χ3n) is 5.26. The number of carbonyl (C=O) groups is 1. The van der Waals surface area contributed by atoms with Crippen LogP contribution in [0.1, 0.15) is 36.5 Å². The van der Waals surface area contributed by atoms with E-state index >= 15 is 0 Å². The second kappa shape index (κ2) is 6.15. The summed E-state index contributed by atoms with van der Waals surface area (Å²) in [7, 11) is 0. The van der Waals surface area contributed by atoms with Crippen molar-refractivity contribution in [2.24, 2.45) is 0 Å². The molecule has 2 aliphatic rings. The standard InChI is InChI=1S/C20H22N2O3/c1-14-6-11-25-20(13-14)7-9-22(10-8-20)18-12-16(19(23)24)15-4-2-3-5-17(15)21-18/h2-5,12-13H,6-11H2,1H3,(H,23,24). The number of fused-ring (bicyclic) bond motifs is 1. The molecule has 3 heterocycles. The van der Waals surface area contributed by atoms with E-state index in [-0.39, 0.29) is 5.60 Å². The number of anilines is 1. The fourth-order valence-electron chi connectivity index (χ4n) is 3.88. The normalized spacial score (nSPS) is 19.9. The maximum absolute atomic E-state index is 11.7. The Labute approximate surface area is 146 Å². The van der Waals surface area contributed by atoms with Gasteiger partial charge in [-0.1, -0.05) is 29.8 Å². The summed E-state index contributed by atoms with van der Waals surface area (Å²) in [4.78, 5) is 18.5. The first-order chi connectivity index (χ1) is 12.1. The van der Waals surface area contributed by atoms with Crippen LogP contribution in [0.15, 0.2) is 42.0 Å². The average Bonchev–Trinajstić information content (AvgIpc) is 2.61. The van der Waals surface area contributed by atoms with Crippen LogP contribution in [0.2, 0.25) is 0 Å². The Bertz CT molecular complexity index is 851. The molecular formula is C20H22N2O3. The number of hydrogen-bond donors (Lipinski definition) is 1. The molecule has 0 saturated carbocycles. The van der Waals surface area contributed by atoms with E-state index in [9.17, 15) is 9.90 Å². The minimum Gasteiger partial charge on any atom is -0.478 e. The van der Waals surface area contributed by atoms with Gasteiger partial charge in [0.1, 0.15) is 5.82 Å². The van der Waals surface area contributed by atoms with Gasteiger partial charge in [0.2, 0.25) is 0 Å². The van der Waals surface area contributed by atoms with Crippen LogP contribution in [-0.2, 0) is 4.74 Å². The monoisotopic (exact) mass is 338 g/mol. The van der Waals surface area contributed by atoms with Gasteiger partial charge in [-0.3, -0.25) is 0 Å². The highest BCUT2D eigenvalue weighted by atomic mass is 16.5. The molecule has 1 N–H and O–H groups in total. The van der Waals surface area contributed by atoms with Crippen LogP contribution in [0.5, 0.6) is 0 Å². The van der Waals surface area contributed by atoms with Gasteiger partial charge in [0.05, 0.1) is 23.3 Å². The number of rotatable bonds is 2. The Balaban J connectivity index is 1.63. The lowest BCUT2D eigenvalue weighted by Gasteiger charge is -2.42. The second-order valence-electron chi connectivity index (χ2n) is 6.99. The van der Waals surface area contributed by atoms with Gasteiger partial charge >= 0.3 is 5.97 Å². The van der Waals surface area contributed by atoms with E-state index in [0.717, 1.165) is 50.3 Å². The molecule has 5 nitrogen and oxygen atoms in total. The van der Waals surface area contributed by atoms with Crippen molar-refractivity contribution in [1.29, 1.82) is 0 Å². The molecule has 0 radical (unpaired) electrons. The molecule has 25 heavy (non-hydrogen) atoms. The summed E-state index contributed by atoms with van der Waals surface area (Å²) in [5, 5.41) is 10.2. The molecule has 4 rings (SSSR count). The van der Waals surface area contributed by atoms with Crippen molar-refractivity contribution in [2.45, 2.75) is 31.8 Å². The SMILES string of the molecule is CC1=CC2(CCN(c3cc(C(=O)O)c4ccccc4n3)CC2)OCC1. The summed E-state index contributed by atoms with van der Waals surface area (Å²) < 4.78 is 6.08. The molecule has 2 aromatic rings. The third-order valence-corrected chi connectivity index (χ3v) is 5.26. The first-order valence-corrected chi connectivity index (χ1v) is 8.77. The lowest BCUT2D eigenvalue weighted by Crippen LogP contribution is -2.46. The van der Waals surface area contributed by atoms with Crippen molar-refractivity contribution >= 4 is 22.7 Å². The highest BCUT2D eigenvalue weighted by molar-refractivity contribution is 6.03. The van der Waals surface area contributed by atoms with Crippen molar-refractivity contribution in [1.82, 2.24) is 4.98 Å². The minimum absolute atomic E-state index is 0.148. The number of hydrogen-bond acceptors (Lipinski definition) is 4. The summed E-state index contributed by atoms with van der Waals surface area (Å²) in [5.74, 6) is -0.176. The molecule has 5 heteroatoms. The lowest BCUT2D eigenvalue weighted by atomic mass is 9.87. The summed E-state index contributed by atoms with van der Waals surface area (Å²) in [6.45, 7) is 4.59. The van der Waals surface area contributed by atoms with Crippen LogP contribution < -0.4 is 4.90 Å². The number of carboxylic acid groups (broad SMARTS) is 1. The Kier molecular flexibility index (Phi) is 3.96. The molecule has 0 atom stereocenters. The Morgan fingerprint density at radius 1 is 1.28 bits per heavy atom. The van der Waals surface area contributed by atoms with Gasteiger partial charge in [-0.15, -0.1) is 0 Å². The molecule has 1 aromatic carbocycles. The molecule has 0 amide bonds. The number of aromatic nitrogens is 1. The zero-order valence-corrected chi connectivity index (χ0v) is 14.4. The van der Waals surface area contributed by atoms with E-state index in [4.69, 9.17) is 9.72 Å². The van der Waals surface area contributed by atoms with Crippen molar-refractivity contribution in [3.8, 4) is 0 Å². The molecule has 0 bridgehead atoms. The molecular weight excluding hydrogens is 316 g/mol. The summed E-state index contributed by atoms with van der Waals surface area (Å²) in [5.41, 5.74) is 2.29. The number of carboxylic acids is 1. The Morgan fingerprint density at radius 2 is 2.04 bits per heavy atom. The van der Waals surface area contributed by atoms with Crippen LogP contribution in [0.3, 0.4) is 0 Å². The number of nitrogens with zero attached hydrogens (tertiary/aromatic N) is 2. The second-order valence-corrected chi connectivity index (χ2v) is 6.99. The van der Waals surface area contributed by atoms with Crippen molar-refractivity contribution in [3.63, 3.8) is 0 Å². The van der Waals surface area contributed by atoms with E-state index < -0.39 is 5.97 Å². The van der Waals surface area contributed by atoms with Gasteiger partial charge in [0.15, 0.2) is 0 Å². The number of pyridine rings is 1. The number of benzene rings is 1. The van der Waals surface area contributed by atoms with Crippen molar-refractivity contribution in [3.05, 3.63) is 47.5 Å². The maximum atomic E-state index is 11.7. The number of para-hydroxylation sites is 1. The maximum Gasteiger partial charge on any atom is 0.336 e. The summed E-state index contributed by atoms with van der Waals surface area (Å²) >= 11 is 0. The number of aromatic carboxylic acids is 1. The first-order valence-electron chi connectivity index (χ1n) is 8.77. The molecule has 1 aromatic heterocycles. The predicted octanol–water partition coefficient (Wildman–Crippen LogP) is 3.64. The topological polar surface area (TPSA) is 62.7 Å². The van der Waals surface area contributed by atoms with Crippen LogP contribution in [-0.4, -0.2) is 41.4 Å². The van der Waals surface area contributed by atoms with Gasteiger partial charge in [-0.25, -0.2) is 9.78 Å². The molecule has 130 valence electrons. The predicted molar refractivity (Wildman–Crippen MR) is 97.2 cm³/mol. The van der Waals surface area contributed by atoms with Gasteiger partial charge < -0.3 is 14.7 Å². The average molecular weight is 338 g/mol.